The van der Waals surface area contributed by atoms with Crippen molar-refractivity contribution in [3.63, 3.8) is 0 Å². The number of amides is 1. The van der Waals surface area contributed by atoms with Crippen LogP contribution >= 0.6 is 0 Å². The molecule has 0 unspecified atom stereocenters. The molecule has 0 fully saturated rings. The third kappa shape index (κ3) is 3.02. The van der Waals surface area contributed by atoms with E-state index in [0.29, 0.717) is 5.56 Å². The highest BCUT2D eigenvalue weighted by molar-refractivity contribution is 6.07. The maximum atomic E-state index is 12.3. The standard InChI is InChI=1S/C15H19N3O/c1-4-16-14-9-12(15(19)17-10(2)3)11-7-5-6-8-13(11)18-14/h5-10H,4H2,1-3H3,(H,16,18)(H,17,19). The molecule has 0 aliphatic carbocycles. The predicted octanol–water partition coefficient (Wildman–Crippen LogP) is 2.80. The molecule has 0 bridgehead atoms. The lowest BCUT2D eigenvalue weighted by Gasteiger charge is -2.12. The Morgan fingerprint density at radius 1 is 1.32 bits per heavy atom. The Labute approximate surface area is 113 Å². The fourth-order valence-electron chi connectivity index (χ4n) is 1.97. The van der Waals surface area contributed by atoms with Crippen molar-refractivity contribution in [2.75, 3.05) is 11.9 Å². The van der Waals surface area contributed by atoms with Crippen molar-refractivity contribution in [2.45, 2.75) is 26.8 Å². The number of fused-ring (bicyclic) bond motifs is 1. The van der Waals surface area contributed by atoms with Crippen LogP contribution in [0, 0.1) is 0 Å². The van der Waals surface area contributed by atoms with Crippen LogP contribution in [-0.2, 0) is 0 Å². The van der Waals surface area contributed by atoms with Gasteiger partial charge in [0, 0.05) is 18.0 Å². The average molecular weight is 257 g/mol. The summed E-state index contributed by atoms with van der Waals surface area (Å²) in [5.41, 5.74) is 1.49. The fourth-order valence-corrected chi connectivity index (χ4v) is 1.97. The van der Waals surface area contributed by atoms with E-state index < -0.39 is 0 Å². The lowest BCUT2D eigenvalue weighted by molar-refractivity contribution is 0.0945. The van der Waals surface area contributed by atoms with E-state index in [1.54, 1.807) is 0 Å². The monoisotopic (exact) mass is 257 g/mol. The van der Waals surface area contributed by atoms with Crippen molar-refractivity contribution in [3.8, 4) is 0 Å². The van der Waals surface area contributed by atoms with Gasteiger partial charge in [0.05, 0.1) is 11.1 Å². The SMILES string of the molecule is CCNc1cc(C(=O)NC(C)C)c2ccccc2n1. The molecule has 2 rings (SSSR count). The lowest BCUT2D eigenvalue weighted by atomic mass is 10.1. The Morgan fingerprint density at radius 2 is 2.05 bits per heavy atom. The Balaban J connectivity index is 2.52. The Morgan fingerprint density at radius 3 is 2.74 bits per heavy atom. The van der Waals surface area contributed by atoms with Gasteiger partial charge in [0.2, 0.25) is 0 Å². The minimum absolute atomic E-state index is 0.0623. The van der Waals surface area contributed by atoms with Gasteiger partial charge in [0.25, 0.3) is 5.91 Å². The molecule has 1 aromatic heterocycles. The number of rotatable bonds is 4. The van der Waals surface area contributed by atoms with Crippen LogP contribution in [0.4, 0.5) is 5.82 Å². The quantitative estimate of drug-likeness (QED) is 0.885. The van der Waals surface area contributed by atoms with Gasteiger partial charge in [0.1, 0.15) is 5.82 Å². The van der Waals surface area contributed by atoms with E-state index in [2.05, 4.69) is 15.6 Å². The highest BCUT2D eigenvalue weighted by Crippen LogP contribution is 2.20. The highest BCUT2D eigenvalue weighted by atomic mass is 16.1. The molecular weight excluding hydrogens is 238 g/mol. The van der Waals surface area contributed by atoms with E-state index in [0.717, 1.165) is 23.3 Å². The first-order valence-corrected chi connectivity index (χ1v) is 6.56. The molecule has 0 spiro atoms. The molecule has 0 aliphatic heterocycles. The van der Waals surface area contributed by atoms with Crippen LogP contribution in [0.2, 0.25) is 0 Å². The van der Waals surface area contributed by atoms with Gasteiger partial charge in [-0.25, -0.2) is 4.98 Å². The van der Waals surface area contributed by atoms with Crippen LogP contribution in [0.3, 0.4) is 0 Å². The fraction of sp³-hybridized carbons (Fsp3) is 0.333. The van der Waals surface area contributed by atoms with E-state index in [1.807, 2.05) is 51.1 Å². The van der Waals surface area contributed by atoms with Crippen molar-refractivity contribution < 1.29 is 4.79 Å². The second-order valence-corrected chi connectivity index (χ2v) is 4.73. The maximum Gasteiger partial charge on any atom is 0.252 e. The van der Waals surface area contributed by atoms with Gasteiger partial charge in [-0.1, -0.05) is 18.2 Å². The number of aromatic nitrogens is 1. The number of carbonyl (C=O) groups excluding carboxylic acids is 1. The predicted molar refractivity (Wildman–Crippen MR) is 78.5 cm³/mol. The van der Waals surface area contributed by atoms with E-state index in [-0.39, 0.29) is 11.9 Å². The third-order valence-electron chi connectivity index (χ3n) is 2.74. The molecule has 1 amide bonds. The topological polar surface area (TPSA) is 54.0 Å². The van der Waals surface area contributed by atoms with Crippen LogP contribution in [0.15, 0.2) is 30.3 Å². The van der Waals surface area contributed by atoms with E-state index in [4.69, 9.17) is 0 Å². The summed E-state index contributed by atoms with van der Waals surface area (Å²) in [6, 6.07) is 9.61. The molecule has 2 N–H and O–H groups in total. The molecule has 0 saturated carbocycles. The van der Waals surface area contributed by atoms with Gasteiger partial charge in [-0.2, -0.15) is 0 Å². The first-order chi connectivity index (χ1) is 9.11. The van der Waals surface area contributed by atoms with Crippen molar-refractivity contribution in [3.05, 3.63) is 35.9 Å². The number of benzene rings is 1. The summed E-state index contributed by atoms with van der Waals surface area (Å²) in [4.78, 5) is 16.8. The van der Waals surface area contributed by atoms with E-state index in [1.165, 1.54) is 0 Å². The van der Waals surface area contributed by atoms with Gasteiger partial charge in [-0.15, -0.1) is 0 Å². The number of nitrogens with zero attached hydrogens (tertiary/aromatic N) is 1. The van der Waals surface area contributed by atoms with Gasteiger partial charge >= 0.3 is 0 Å². The molecule has 100 valence electrons. The third-order valence-corrected chi connectivity index (χ3v) is 2.74. The largest absolute Gasteiger partial charge is 0.370 e. The summed E-state index contributed by atoms with van der Waals surface area (Å²) in [6.45, 7) is 6.68. The zero-order valence-electron chi connectivity index (χ0n) is 11.5. The van der Waals surface area contributed by atoms with Crippen molar-refractivity contribution in [1.29, 1.82) is 0 Å². The second kappa shape index (κ2) is 5.69. The summed E-state index contributed by atoms with van der Waals surface area (Å²) in [5.74, 6) is 0.669. The van der Waals surface area contributed by atoms with Crippen LogP contribution < -0.4 is 10.6 Å². The number of hydrogen-bond donors (Lipinski definition) is 2. The molecule has 0 saturated heterocycles. The first kappa shape index (κ1) is 13.3. The van der Waals surface area contributed by atoms with Crippen LogP contribution in [0.25, 0.3) is 10.9 Å². The number of anilines is 1. The molecule has 2 aromatic rings. The second-order valence-electron chi connectivity index (χ2n) is 4.73. The molecule has 0 radical (unpaired) electrons. The maximum absolute atomic E-state index is 12.3. The molecule has 4 nitrogen and oxygen atoms in total. The molecule has 1 aromatic carbocycles. The highest BCUT2D eigenvalue weighted by Gasteiger charge is 2.13. The average Bonchev–Trinajstić information content (AvgIpc) is 2.37. The van der Waals surface area contributed by atoms with Gasteiger partial charge in [-0.05, 0) is 32.9 Å². The normalized spacial score (nSPS) is 10.7. The number of nitrogens with one attached hydrogen (secondary N) is 2. The van der Waals surface area contributed by atoms with Gasteiger partial charge < -0.3 is 10.6 Å². The van der Waals surface area contributed by atoms with Crippen molar-refractivity contribution >= 4 is 22.6 Å². The number of pyridine rings is 1. The Hall–Kier alpha value is -2.10. The number of carbonyl (C=O) groups is 1. The van der Waals surface area contributed by atoms with E-state index >= 15 is 0 Å². The molecule has 4 heteroatoms. The smallest absolute Gasteiger partial charge is 0.252 e. The Bertz CT molecular complexity index is 593. The molecule has 0 atom stereocenters. The van der Waals surface area contributed by atoms with Gasteiger partial charge in [-0.3, -0.25) is 4.79 Å². The van der Waals surface area contributed by atoms with Crippen LogP contribution in [0.1, 0.15) is 31.1 Å². The first-order valence-electron chi connectivity index (χ1n) is 6.56. The minimum atomic E-state index is -0.0623. The van der Waals surface area contributed by atoms with E-state index in [9.17, 15) is 4.79 Å². The Kier molecular flexibility index (Phi) is 4.00. The van der Waals surface area contributed by atoms with Crippen LogP contribution in [-0.4, -0.2) is 23.5 Å². The molecular formula is C15H19N3O. The van der Waals surface area contributed by atoms with Crippen molar-refractivity contribution in [1.82, 2.24) is 10.3 Å². The van der Waals surface area contributed by atoms with Crippen LogP contribution in [0.5, 0.6) is 0 Å². The summed E-state index contributed by atoms with van der Waals surface area (Å²) in [7, 11) is 0. The molecule has 0 aliphatic rings. The molecule has 19 heavy (non-hydrogen) atoms. The molecule has 1 heterocycles. The summed E-state index contributed by atoms with van der Waals surface area (Å²) >= 11 is 0. The minimum Gasteiger partial charge on any atom is -0.370 e. The lowest BCUT2D eigenvalue weighted by Crippen LogP contribution is -2.30. The summed E-state index contributed by atoms with van der Waals surface area (Å²) in [5, 5.41) is 6.96. The van der Waals surface area contributed by atoms with Crippen molar-refractivity contribution in [2.24, 2.45) is 0 Å². The zero-order valence-corrected chi connectivity index (χ0v) is 11.5. The zero-order chi connectivity index (χ0) is 13.8. The number of para-hydroxylation sites is 1. The summed E-state index contributed by atoms with van der Waals surface area (Å²) in [6.07, 6.45) is 0. The summed E-state index contributed by atoms with van der Waals surface area (Å²) < 4.78 is 0. The van der Waals surface area contributed by atoms with Gasteiger partial charge in [0.15, 0.2) is 0 Å². The number of hydrogen-bond acceptors (Lipinski definition) is 3.